The predicted octanol–water partition coefficient (Wildman–Crippen LogP) is 0.158. The van der Waals surface area contributed by atoms with Crippen molar-refractivity contribution in [3.63, 3.8) is 0 Å². The lowest BCUT2D eigenvalue weighted by atomic mass is 10.2. The van der Waals surface area contributed by atoms with Crippen LogP contribution in [0, 0.1) is 13.8 Å². The highest BCUT2D eigenvalue weighted by atomic mass is 16.5. The highest BCUT2D eigenvalue weighted by Gasteiger charge is 2.11. The van der Waals surface area contributed by atoms with E-state index in [0.717, 1.165) is 11.3 Å². The van der Waals surface area contributed by atoms with Crippen molar-refractivity contribution in [2.75, 3.05) is 5.32 Å². The van der Waals surface area contributed by atoms with Gasteiger partial charge < -0.3 is 15.2 Å². The molecule has 21 heavy (non-hydrogen) atoms. The molecule has 0 aromatic carbocycles. The maximum Gasteiger partial charge on any atom is 0.243 e. The number of hydrogen-bond acceptors (Lipinski definition) is 6. The summed E-state index contributed by atoms with van der Waals surface area (Å²) in [4.78, 5) is 23.9. The van der Waals surface area contributed by atoms with Crippen LogP contribution in [0.2, 0.25) is 0 Å². The van der Waals surface area contributed by atoms with Gasteiger partial charge in [-0.15, -0.1) is 5.10 Å². The third-order valence-electron chi connectivity index (χ3n) is 2.77. The Bertz CT molecular complexity index is 640. The van der Waals surface area contributed by atoms with E-state index < -0.39 is 0 Å². The molecule has 0 aliphatic rings. The predicted molar refractivity (Wildman–Crippen MR) is 72.1 cm³/mol. The van der Waals surface area contributed by atoms with Crippen molar-refractivity contribution in [3.05, 3.63) is 23.2 Å². The number of anilines is 1. The van der Waals surface area contributed by atoms with E-state index in [1.165, 1.54) is 17.9 Å². The first-order valence-electron chi connectivity index (χ1n) is 6.32. The number of aromatic nitrogens is 4. The summed E-state index contributed by atoms with van der Waals surface area (Å²) in [5, 5.41) is 16.9. The van der Waals surface area contributed by atoms with Gasteiger partial charge in [0.25, 0.3) is 0 Å². The molecule has 2 N–H and O–H groups in total. The van der Waals surface area contributed by atoms with E-state index >= 15 is 0 Å². The van der Waals surface area contributed by atoms with E-state index in [1.54, 1.807) is 6.92 Å². The minimum atomic E-state index is -0.250. The Labute approximate surface area is 120 Å². The van der Waals surface area contributed by atoms with Crippen molar-refractivity contribution in [2.24, 2.45) is 0 Å². The molecule has 2 heterocycles. The lowest BCUT2D eigenvalue weighted by Crippen LogP contribution is -2.28. The standard InChI is InChI=1S/C12H16N6O3/c1-7-10(8(2)21-17-7)4-13-12(20)6-18-14-5-11(16-18)15-9(3)19/h5H,4,6H2,1-3H3,(H,13,20)(H,15,16,19). The van der Waals surface area contributed by atoms with Crippen LogP contribution >= 0.6 is 0 Å². The molecule has 112 valence electrons. The number of nitrogens with zero attached hydrogens (tertiary/aromatic N) is 4. The van der Waals surface area contributed by atoms with Gasteiger partial charge in [-0.3, -0.25) is 9.59 Å². The van der Waals surface area contributed by atoms with Crippen LogP contribution in [0.4, 0.5) is 5.82 Å². The van der Waals surface area contributed by atoms with Gasteiger partial charge in [-0.25, -0.2) is 0 Å². The number of nitrogens with one attached hydrogen (secondary N) is 2. The molecule has 0 fully saturated rings. The van der Waals surface area contributed by atoms with Crippen molar-refractivity contribution in [1.29, 1.82) is 0 Å². The van der Waals surface area contributed by atoms with Crippen molar-refractivity contribution < 1.29 is 14.1 Å². The summed E-state index contributed by atoms with van der Waals surface area (Å²) in [5.41, 5.74) is 1.61. The van der Waals surface area contributed by atoms with Crippen LogP contribution in [-0.2, 0) is 22.7 Å². The fourth-order valence-electron chi connectivity index (χ4n) is 1.74. The first-order chi connectivity index (χ1) is 9.95. The maximum atomic E-state index is 11.8. The molecule has 0 saturated heterocycles. The fourth-order valence-corrected chi connectivity index (χ4v) is 1.74. The summed E-state index contributed by atoms with van der Waals surface area (Å²) >= 11 is 0. The number of hydrogen-bond donors (Lipinski definition) is 2. The number of rotatable bonds is 5. The van der Waals surface area contributed by atoms with Crippen LogP contribution in [0.15, 0.2) is 10.7 Å². The molecule has 9 nitrogen and oxygen atoms in total. The van der Waals surface area contributed by atoms with E-state index in [4.69, 9.17) is 4.52 Å². The van der Waals surface area contributed by atoms with Gasteiger partial charge in [0, 0.05) is 19.0 Å². The molecule has 0 aliphatic carbocycles. The number of aryl methyl sites for hydroxylation is 2. The van der Waals surface area contributed by atoms with Crippen LogP contribution < -0.4 is 10.6 Å². The summed E-state index contributed by atoms with van der Waals surface area (Å²) in [7, 11) is 0. The van der Waals surface area contributed by atoms with Crippen molar-refractivity contribution >= 4 is 17.6 Å². The second-order valence-electron chi connectivity index (χ2n) is 4.52. The first kappa shape index (κ1) is 14.7. The number of amides is 2. The monoisotopic (exact) mass is 292 g/mol. The summed E-state index contributed by atoms with van der Waals surface area (Å²) < 4.78 is 5.01. The second kappa shape index (κ2) is 6.16. The molecule has 2 aromatic rings. The Morgan fingerprint density at radius 1 is 1.38 bits per heavy atom. The average Bonchev–Trinajstić information content (AvgIpc) is 2.95. The molecule has 0 aliphatic heterocycles. The molecule has 9 heteroatoms. The minimum absolute atomic E-state index is 0.0387. The molecular formula is C12H16N6O3. The third-order valence-corrected chi connectivity index (χ3v) is 2.77. The van der Waals surface area contributed by atoms with E-state index in [9.17, 15) is 9.59 Å². The summed E-state index contributed by atoms with van der Waals surface area (Å²) in [5.74, 6) is 0.490. The highest BCUT2D eigenvalue weighted by molar-refractivity contribution is 5.87. The summed E-state index contributed by atoms with van der Waals surface area (Å²) in [6, 6.07) is 0. The lowest BCUT2D eigenvalue weighted by molar-refractivity contribution is -0.122. The molecule has 0 saturated carbocycles. The van der Waals surface area contributed by atoms with Gasteiger partial charge in [-0.1, -0.05) is 5.16 Å². The van der Waals surface area contributed by atoms with Crippen LogP contribution in [0.5, 0.6) is 0 Å². The van der Waals surface area contributed by atoms with E-state index in [-0.39, 0.29) is 18.4 Å². The minimum Gasteiger partial charge on any atom is -0.361 e. The molecule has 2 rings (SSSR count). The average molecular weight is 292 g/mol. The van der Waals surface area contributed by atoms with Gasteiger partial charge in [0.15, 0.2) is 5.82 Å². The Hall–Kier alpha value is -2.71. The number of carbonyl (C=O) groups is 2. The Kier molecular flexibility index (Phi) is 4.31. The van der Waals surface area contributed by atoms with Gasteiger partial charge in [0.05, 0.1) is 11.9 Å². The topological polar surface area (TPSA) is 115 Å². The molecule has 0 bridgehead atoms. The van der Waals surface area contributed by atoms with Gasteiger partial charge >= 0.3 is 0 Å². The third kappa shape index (κ3) is 3.88. The summed E-state index contributed by atoms with van der Waals surface area (Å²) in [6.07, 6.45) is 1.38. The van der Waals surface area contributed by atoms with E-state index in [0.29, 0.717) is 18.1 Å². The van der Waals surface area contributed by atoms with Gasteiger partial charge in [0.2, 0.25) is 11.8 Å². The zero-order valence-corrected chi connectivity index (χ0v) is 12.0. The van der Waals surface area contributed by atoms with Crippen molar-refractivity contribution in [1.82, 2.24) is 25.5 Å². The molecule has 2 aromatic heterocycles. The Morgan fingerprint density at radius 2 is 2.14 bits per heavy atom. The molecule has 0 radical (unpaired) electrons. The largest absolute Gasteiger partial charge is 0.361 e. The Morgan fingerprint density at radius 3 is 2.76 bits per heavy atom. The molecule has 0 unspecified atom stereocenters. The van der Waals surface area contributed by atoms with Gasteiger partial charge in [-0.2, -0.15) is 9.90 Å². The summed E-state index contributed by atoms with van der Waals surface area (Å²) in [6.45, 7) is 5.27. The fraction of sp³-hybridized carbons (Fsp3) is 0.417. The van der Waals surface area contributed by atoms with Crippen LogP contribution in [0.1, 0.15) is 23.9 Å². The van der Waals surface area contributed by atoms with Crippen molar-refractivity contribution in [2.45, 2.75) is 33.9 Å². The van der Waals surface area contributed by atoms with Crippen molar-refractivity contribution in [3.8, 4) is 0 Å². The highest BCUT2D eigenvalue weighted by Crippen LogP contribution is 2.11. The second-order valence-corrected chi connectivity index (χ2v) is 4.52. The normalized spacial score (nSPS) is 10.4. The molecule has 2 amide bonds. The van der Waals surface area contributed by atoms with E-state index in [2.05, 4.69) is 26.0 Å². The molecule has 0 spiro atoms. The van der Waals surface area contributed by atoms with Crippen LogP contribution in [-0.4, -0.2) is 32.0 Å². The molecular weight excluding hydrogens is 276 g/mol. The van der Waals surface area contributed by atoms with Gasteiger partial charge in [-0.05, 0) is 13.8 Å². The smallest absolute Gasteiger partial charge is 0.243 e. The zero-order valence-electron chi connectivity index (χ0n) is 12.0. The first-order valence-corrected chi connectivity index (χ1v) is 6.32. The molecule has 0 atom stereocenters. The SMILES string of the molecule is CC(=O)Nc1cnn(CC(=O)NCc2c(C)noc2C)n1. The lowest BCUT2D eigenvalue weighted by Gasteiger charge is -2.04. The van der Waals surface area contributed by atoms with Crippen LogP contribution in [0.3, 0.4) is 0 Å². The quantitative estimate of drug-likeness (QED) is 0.811. The van der Waals surface area contributed by atoms with Gasteiger partial charge in [0.1, 0.15) is 12.3 Å². The zero-order chi connectivity index (χ0) is 15.4. The van der Waals surface area contributed by atoms with Crippen LogP contribution in [0.25, 0.3) is 0 Å². The Balaban J connectivity index is 1.87. The van der Waals surface area contributed by atoms with E-state index in [1.807, 2.05) is 6.92 Å². The maximum absolute atomic E-state index is 11.8. The number of carbonyl (C=O) groups excluding carboxylic acids is 2.